The third kappa shape index (κ3) is 5.32. The third-order valence-corrected chi connectivity index (χ3v) is 9.91. The zero-order chi connectivity index (χ0) is 30.9. The molecule has 0 radical (unpaired) electrons. The number of nitrogens with two attached hydrogens (primary N) is 1. The van der Waals surface area contributed by atoms with Gasteiger partial charge >= 0.3 is 0 Å². The number of benzene rings is 3. The number of aryl methyl sites for hydroxylation is 1. The molecule has 1 amide bonds. The average Bonchev–Trinajstić information content (AvgIpc) is 3.01. The molecule has 3 unspecified atom stereocenters. The molecule has 43 heavy (non-hydrogen) atoms. The number of carbonyl (C=O) groups is 1. The van der Waals surface area contributed by atoms with E-state index in [9.17, 15) is 9.59 Å². The molecule has 0 spiro atoms. The molecule has 1 fully saturated rings. The van der Waals surface area contributed by atoms with Crippen LogP contribution < -0.4 is 20.6 Å². The molecule has 2 N–H and O–H groups in total. The summed E-state index contributed by atoms with van der Waals surface area (Å²) in [6.07, 6.45) is 5.39. The van der Waals surface area contributed by atoms with Crippen molar-refractivity contribution in [1.82, 2.24) is 0 Å². The van der Waals surface area contributed by atoms with Gasteiger partial charge in [0.1, 0.15) is 0 Å². The van der Waals surface area contributed by atoms with Gasteiger partial charge in [0.15, 0.2) is 17.1 Å². The zero-order valence-corrected chi connectivity index (χ0v) is 26.2. The first-order chi connectivity index (χ1) is 20.5. The van der Waals surface area contributed by atoms with Crippen LogP contribution >= 0.6 is 0 Å². The second kappa shape index (κ2) is 11.9. The monoisotopic (exact) mass is 581 g/mol. The van der Waals surface area contributed by atoms with Gasteiger partial charge in [-0.25, -0.2) is 0 Å². The summed E-state index contributed by atoms with van der Waals surface area (Å²) >= 11 is 0. The van der Waals surface area contributed by atoms with Crippen LogP contribution in [0.15, 0.2) is 75.9 Å². The van der Waals surface area contributed by atoms with Gasteiger partial charge in [-0.15, -0.1) is 0 Å². The number of methoxy groups -OCH3 is 2. The fourth-order valence-corrected chi connectivity index (χ4v) is 7.46. The van der Waals surface area contributed by atoms with Gasteiger partial charge in [0, 0.05) is 11.0 Å². The van der Waals surface area contributed by atoms with Crippen molar-refractivity contribution in [1.29, 1.82) is 0 Å². The summed E-state index contributed by atoms with van der Waals surface area (Å²) in [5.41, 5.74) is 11.0. The summed E-state index contributed by atoms with van der Waals surface area (Å²) < 4.78 is 16.5. The molecule has 1 saturated carbocycles. The highest BCUT2D eigenvalue weighted by Gasteiger charge is 2.54. The largest absolute Gasteiger partial charge is 0.493 e. The van der Waals surface area contributed by atoms with E-state index in [0.29, 0.717) is 34.3 Å². The van der Waals surface area contributed by atoms with E-state index in [1.165, 1.54) is 30.2 Å². The molecule has 4 aromatic rings. The maximum absolute atomic E-state index is 12.6. The number of amides is 1. The fourth-order valence-electron chi connectivity index (χ4n) is 7.46. The molecule has 0 saturated heterocycles. The second-order valence-electron chi connectivity index (χ2n) is 12.7. The average molecular weight is 582 g/mol. The van der Waals surface area contributed by atoms with Crippen LogP contribution in [0.2, 0.25) is 0 Å². The maximum atomic E-state index is 12.6. The first-order valence-electron chi connectivity index (χ1n) is 15.2. The van der Waals surface area contributed by atoms with Gasteiger partial charge < -0.3 is 19.6 Å². The highest BCUT2D eigenvalue weighted by molar-refractivity contribution is 5.86. The van der Waals surface area contributed by atoms with Gasteiger partial charge in [-0.1, -0.05) is 88.7 Å². The Hall–Kier alpha value is -4.06. The molecular weight excluding hydrogens is 538 g/mol. The molecule has 1 aromatic heterocycles. The normalized spacial score (nSPS) is 22.6. The lowest BCUT2D eigenvalue weighted by Gasteiger charge is -2.54. The van der Waals surface area contributed by atoms with Crippen molar-refractivity contribution in [2.24, 2.45) is 17.1 Å². The molecular formula is C37H43NO5. The van der Waals surface area contributed by atoms with Crippen molar-refractivity contribution in [2.75, 3.05) is 14.2 Å². The van der Waals surface area contributed by atoms with Gasteiger partial charge in [-0.2, -0.15) is 0 Å². The number of para-hydroxylation sites is 1. The van der Waals surface area contributed by atoms with E-state index >= 15 is 0 Å². The van der Waals surface area contributed by atoms with Crippen molar-refractivity contribution in [2.45, 2.75) is 71.1 Å². The Labute approximate surface area is 254 Å². The summed E-state index contributed by atoms with van der Waals surface area (Å²) in [7, 11) is 3.01. The minimum absolute atomic E-state index is 0.102. The van der Waals surface area contributed by atoms with E-state index < -0.39 is 0 Å². The molecule has 6 heteroatoms. The zero-order valence-electron chi connectivity index (χ0n) is 26.2. The number of carbonyl (C=O) groups excluding carboxylic acids is 1. The van der Waals surface area contributed by atoms with E-state index in [2.05, 4.69) is 45.9 Å². The summed E-state index contributed by atoms with van der Waals surface area (Å²) in [6, 6.07) is 21.6. The fraction of sp³-hybridized carbons (Fsp3) is 0.405. The molecule has 2 aliphatic carbocycles. The second-order valence-corrected chi connectivity index (χ2v) is 12.7. The first-order valence-corrected chi connectivity index (χ1v) is 15.2. The topological polar surface area (TPSA) is 91.8 Å². The smallest absolute Gasteiger partial charge is 0.235 e. The third-order valence-electron chi connectivity index (χ3n) is 9.91. The van der Waals surface area contributed by atoms with Crippen molar-refractivity contribution in [3.05, 3.63) is 93.6 Å². The Kier molecular flexibility index (Phi) is 8.42. The number of ether oxygens (including phenoxy) is 2. The summed E-state index contributed by atoms with van der Waals surface area (Å²) in [5, 5.41) is 0.436. The van der Waals surface area contributed by atoms with Gasteiger partial charge in [-0.05, 0) is 71.8 Å². The predicted octanol–water partition coefficient (Wildman–Crippen LogP) is 7.78. The van der Waals surface area contributed by atoms with Crippen molar-refractivity contribution >= 4 is 16.9 Å². The molecule has 3 aromatic carbocycles. The number of hydrogen-bond donors (Lipinski definition) is 1. The Morgan fingerprint density at radius 3 is 2.37 bits per heavy atom. The van der Waals surface area contributed by atoms with Gasteiger partial charge in [0.2, 0.25) is 17.1 Å². The highest BCUT2D eigenvalue weighted by atomic mass is 16.5. The summed E-state index contributed by atoms with van der Waals surface area (Å²) in [6.45, 7) is 8.97. The Balaban J connectivity index is 0.000000171. The highest BCUT2D eigenvalue weighted by Crippen LogP contribution is 2.57. The van der Waals surface area contributed by atoms with E-state index in [0.717, 1.165) is 31.2 Å². The molecule has 6 rings (SSSR count). The van der Waals surface area contributed by atoms with E-state index in [4.69, 9.17) is 19.6 Å². The van der Waals surface area contributed by atoms with E-state index in [1.54, 1.807) is 25.3 Å². The number of hydrogen-bond acceptors (Lipinski definition) is 5. The van der Waals surface area contributed by atoms with Crippen LogP contribution in [-0.4, -0.2) is 20.1 Å². The van der Waals surface area contributed by atoms with Crippen molar-refractivity contribution < 1.29 is 18.7 Å². The first kappa shape index (κ1) is 30.4. The quantitative estimate of drug-likeness (QED) is 0.260. The SMILES string of the molecule is CC(C)c1ccc2c(c1)CCC1C(C)(C(N)=O)CCCC21C.COc1c(-c2ccccc2)oc2c(OC)cccc2c1=O. The lowest BCUT2D eigenvalue weighted by Crippen LogP contribution is -2.54. The van der Waals surface area contributed by atoms with Crippen LogP contribution in [0.5, 0.6) is 11.5 Å². The number of primary amides is 1. The van der Waals surface area contributed by atoms with E-state index in [-0.39, 0.29) is 27.9 Å². The Bertz CT molecular complexity index is 1690. The molecule has 6 nitrogen and oxygen atoms in total. The molecule has 0 aliphatic heterocycles. The lowest BCUT2D eigenvalue weighted by molar-refractivity contribution is -0.135. The van der Waals surface area contributed by atoms with Crippen LogP contribution in [0, 0.1) is 11.3 Å². The standard InChI is InChI=1S/C20H29NO.C17H14O4/c1-13(2)14-6-8-16-15(12-14)7-9-17-19(16,3)10-5-11-20(17,4)18(21)22;1-19-13-10-6-9-12-14(18)17(20-2)15(21-16(12)13)11-7-4-3-5-8-11/h6,8,12-13,17H,5,7,9-11H2,1-4H3,(H2,21,22);3-10H,1-2H3. The Morgan fingerprint density at radius 2 is 1.72 bits per heavy atom. The number of fused-ring (bicyclic) bond motifs is 4. The van der Waals surface area contributed by atoms with Gasteiger partial charge in [0.25, 0.3) is 0 Å². The molecule has 226 valence electrons. The minimum Gasteiger partial charge on any atom is -0.493 e. The van der Waals surface area contributed by atoms with Crippen LogP contribution in [0.3, 0.4) is 0 Å². The predicted molar refractivity (Wildman–Crippen MR) is 172 cm³/mol. The van der Waals surface area contributed by atoms with Gasteiger partial charge in [-0.3, -0.25) is 9.59 Å². The van der Waals surface area contributed by atoms with Crippen LogP contribution in [0.4, 0.5) is 0 Å². The van der Waals surface area contributed by atoms with Gasteiger partial charge in [0.05, 0.1) is 19.6 Å². The maximum Gasteiger partial charge on any atom is 0.235 e. The minimum atomic E-state index is -0.346. The molecule has 3 atom stereocenters. The molecule has 1 heterocycles. The Morgan fingerprint density at radius 1 is 0.977 bits per heavy atom. The van der Waals surface area contributed by atoms with Crippen LogP contribution in [-0.2, 0) is 16.6 Å². The molecule has 2 aliphatic rings. The van der Waals surface area contributed by atoms with Crippen molar-refractivity contribution in [3.8, 4) is 22.8 Å². The molecule has 0 bridgehead atoms. The van der Waals surface area contributed by atoms with E-state index in [1.807, 2.05) is 30.3 Å². The number of rotatable bonds is 5. The van der Waals surface area contributed by atoms with Crippen molar-refractivity contribution in [3.63, 3.8) is 0 Å². The lowest BCUT2D eigenvalue weighted by atomic mass is 9.49. The van der Waals surface area contributed by atoms with Crippen LogP contribution in [0.25, 0.3) is 22.3 Å². The summed E-state index contributed by atoms with van der Waals surface area (Å²) in [5.74, 6) is 1.96. The van der Waals surface area contributed by atoms with Crippen LogP contribution in [0.1, 0.15) is 76.0 Å². The summed E-state index contributed by atoms with van der Waals surface area (Å²) in [4.78, 5) is 24.7.